The molecule has 0 aromatic heterocycles. The summed E-state index contributed by atoms with van der Waals surface area (Å²) in [6.07, 6.45) is 6.33. The summed E-state index contributed by atoms with van der Waals surface area (Å²) >= 11 is 6.82. The standard InChI is InChI=1S/C12H27ClOSi/c1-4-6-10-15(13,11-7-5-2)12-8-9-14-3/h4-12H2,1-3H3. The molecule has 0 saturated carbocycles. The smallest absolute Gasteiger partial charge is 0.156 e. The summed E-state index contributed by atoms with van der Waals surface area (Å²) < 4.78 is 5.11. The fraction of sp³-hybridized carbons (Fsp3) is 1.00. The second kappa shape index (κ2) is 9.68. The highest BCUT2D eigenvalue weighted by Crippen LogP contribution is 2.31. The Morgan fingerprint density at radius 2 is 1.40 bits per heavy atom. The molecule has 0 radical (unpaired) electrons. The first-order valence-corrected chi connectivity index (χ1v) is 9.99. The number of halogens is 1. The van der Waals surface area contributed by atoms with Crippen LogP contribution in [-0.2, 0) is 4.74 Å². The van der Waals surface area contributed by atoms with Crippen LogP contribution in [0.3, 0.4) is 0 Å². The Morgan fingerprint density at radius 1 is 0.933 bits per heavy atom. The van der Waals surface area contributed by atoms with Gasteiger partial charge in [-0.05, 0) is 24.6 Å². The van der Waals surface area contributed by atoms with Crippen LogP contribution in [-0.4, -0.2) is 21.1 Å². The zero-order valence-electron chi connectivity index (χ0n) is 10.7. The number of methoxy groups -OCH3 is 1. The Bertz CT molecular complexity index is 134. The Kier molecular flexibility index (Phi) is 9.98. The monoisotopic (exact) mass is 250 g/mol. The lowest BCUT2D eigenvalue weighted by atomic mass is 10.4. The van der Waals surface area contributed by atoms with Gasteiger partial charge in [0, 0.05) is 13.7 Å². The van der Waals surface area contributed by atoms with E-state index in [1.54, 1.807) is 7.11 Å². The van der Waals surface area contributed by atoms with Gasteiger partial charge in [-0.15, -0.1) is 0 Å². The van der Waals surface area contributed by atoms with Crippen LogP contribution in [0.15, 0.2) is 0 Å². The average Bonchev–Trinajstić information content (AvgIpc) is 2.24. The zero-order chi connectivity index (χ0) is 11.6. The fourth-order valence-corrected chi connectivity index (χ4v) is 6.60. The van der Waals surface area contributed by atoms with Crippen molar-refractivity contribution in [1.82, 2.24) is 0 Å². The molecule has 0 aliphatic carbocycles. The maximum absolute atomic E-state index is 6.82. The summed E-state index contributed by atoms with van der Waals surface area (Å²) in [5, 5.41) is 0. The Hall–Kier alpha value is 0.467. The Balaban J connectivity index is 3.89. The molecule has 15 heavy (non-hydrogen) atoms. The average molecular weight is 251 g/mol. The molecule has 1 nitrogen and oxygen atoms in total. The van der Waals surface area contributed by atoms with E-state index in [9.17, 15) is 0 Å². The van der Waals surface area contributed by atoms with E-state index in [0.29, 0.717) is 0 Å². The molecular formula is C12H27ClOSi. The van der Waals surface area contributed by atoms with Gasteiger partial charge < -0.3 is 4.74 Å². The van der Waals surface area contributed by atoms with Gasteiger partial charge in [0.05, 0.1) is 0 Å². The molecule has 0 aromatic carbocycles. The first-order chi connectivity index (χ1) is 7.18. The third-order valence-corrected chi connectivity index (χ3v) is 8.38. The second-order valence-electron chi connectivity index (χ2n) is 4.45. The van der Waals surface area contributed by atoms with E-state index in [0.717, 1.165) is 13.0 Å². The van der Waals surface area contributed by atoms with Gasteiger partial charge in [0.15, 0.2) is 7.38 Å². The first kappa shape index (κ1) is 15.5. The van der Waals surface area contributed by atoms with E-state index in [1.807, 2.05) is 0 Å². The lowest BCUT2D eigenvalue weighted by Gasteiger charge is -2.24. The van der Waals surface area contributed by atoms with Crippen LogP contribution in [0.2, 0.25) is 18.1 Å². The van der Waals surface area contributed by atoms with Crippen molar-refractivity contribution in [2.45, 2.75) is 64.1 Å². The largest absolute Gasteiger partial charge is 0.385 e. The van der Waals surface area contributed by atoms with Crippen molar-refractivity contribution in [3.05, 3.63) is 0 Å². The SMILES string of the molecule is CCCC[Si](Cl)(CCCC)CCCOC. The summed E-state index contributed by atoms with van der Waals surface area (Å²) in [6, 6.07) is 3.84. The summed E-state index contributed by atoms with van der Waals surface area (Å²) in [6.45, 7) is 5.38. The molecule has 0 atom stereocenters. The molecule has 0 heterocycles. The van der Waals surface area contributed by atoms with Crippen molar-refractivity contribution in [3.63, 3.8) is 0 Å². The van der Waals surface area contributed by atoms with Gasteiger partial charge in [-0.1, -0.05) is 39.5 Å². The molecule has 0 unspecified atom stereocenters. The van der Waals surface area contributed by atoms with Gasteiger partial charge in [0.2, 0.25) is 0 Å². The first-order valence-electron chi connectivity index (χ1n) is 6.36. The summed E-state index contributed by atoms with van der Waals surface area (Å²) in [7, 11) is 0.337. The molecule has 0 spiro atoms. The van der Waals surface area contributed by atoms with Gasteiger partial charge in [-0.25, -0.2) is 0 Å². The van der Waals surface area contributed by atoms with Crippen molar-refractivity contribution in [2.24, 2.45) is 0 Å². The predicted octanol–water partition coefficient (Wildman–Crippen LogP) is 4.81. The molecule has 0 aromatic rings. The van der Waals surface area contributed by atoms with E-state index in [1.165, 1.54) is 43.8 Å². The van der Waals surface area contributed by atoms with Crippen LogP contribution in [0, 0.1) is 0 Å². The van der Waals surface area contributed by atoms with E-state index in [-0.39, 0.29) is 0 Å². The molecule has 0 N–H and O–H groups in total. The zero-order valence-corrected chi connectivity index (χ0v) is 12.4. The van der Waals surface area contributed by atoms with Crippen LogP contribution >= 0.6 is 11.1 Å². The molecular weight excluding hydrogens is 224 g/mol. The van der Waals surface area contributed by atoms with Crippen molar-refractivity contribution < 1.29 is 4.74 Å². The molecule has 0 aliphatic rings. The highest BCUT2D eigenvalue weighted by Gasteiger charge is 2.28. The lowest BCUT2D eigenvalue weighted by Crippen LogP contribution is -2.26. The Morgan fingerprint density at radius 3 is 1.80 bits per heavy atom. The van der Waals surface area contributed by atoms with E-state index in [2.05, 4.69) is 13.8 Å². The highest BCUT2D eigenvalue weighted by atomic mass is 35.6. The van der Waals surface area contributed by atoms with Gasteiger partial charge in [-0.2, -0.15) is 11.1 Å². The normalized spacial score (nSPS) is 12.0. The van der Waals surface area contributed by atoms with Gasteiger partial charge in [-0.3, -0.25) is 0 Å². The molecule has 3 heteroatoms. The van der Waals surface area contributed by atoms with Crippen molar-refractivity contribution in [1.29, 1.82) is 0 Å². The highest BCUT2D eigenvalue weighted by molar-refractivity contribution is 7.20. The molecule has 0 aliphatic heterocycles. The number of unbranched alkanes of at least 4 members (excludes halogenated alkanes) is 2. The van der Waals surface area contributed by atoms with E-state index >= 15 is 0 Å². The number of hydrogen-bond donors (Lipinski definition) is 0. The maximum Gasteiger partial charge on any atom is 0.156 e. The summed E-state index contributed by atoms with van der Waals surface area (Å²) in [5.41, 5.74) is 0. The minimum atomic E-state index is -1.44. The topological polar surface area (TPSA) is 9.23 Å². The summed E-state index contributed by atoms with van der Waals surface area (Å²) in [5.74, 6) is 0. The minimum absolute atomic E-state index is 0.875. The van der Waals surface area contributed by atoms with Crippen molar-refractivity contribution in [3.8, 4) is 0 Å². The Labute approximate surface area is 101 Å². The predicted molar refractivity (Wildman–Crippen MR) is 72.3 cm³/mol. The third kappa shape index (κ3) is 8.29. The van der Waals surface area contributed by atoms with Crippen LogP contribution in [0.1, 0.15) is 46.0 Å². The van der Waals surface area contributed by atoms with Gasteiger partial charge >= 0.3 is 0 Å². The minimum Gasteiger partial charge on any atom is -0.385 e. The second-order valence-corrected chi connectivity index (χ2v) is 10.7. The summed E-state index contributed by atoms with van der Waals surface area (Å²) in [4.78, 5) is 0. The van der Waals surface area contributed by atoms with Crippen molar-refractivity contribution in [2.75, 3.05) is 13.7 Å². The molecule has 0 bridgehead atoms. The van der Waals surface area contributed by atoms with Gasteiger partial charge in [0.1, 0.15) is 0 Å². The van der Waals surface area contributed by atoms with Crippen molar-refractivity contribution >= 4 is 18.5 Å². The quantitative estimate of drug-likeness (QED) is 0.307. The van der Waals surface area contributed by atoms with E-state index < -0.39 is 7.38 Å². The molecule has 0 rings (SSSR count). The van der Waals surface area contributed by atoms with Gasteiger partial charge in [0.25, 0.3) is 0 Å². The molecule has 0 amide bonds. The number of ether oxygens (including phenoxy) is 1. The maximum atomic E-state index is 6.82. The fourth-order valence-electron chi connectivity index (χ4n) is 1.90. The van der Waals surface area contributed by atoms with E-state index in [4.69, 9.17) is 15.8 Å². The lowest BCUT2D eigenvalue weighted by molar-refractivity contribution is 0.199. The molecule has 0 saturated heterocycles. The molecule has 92 valence electrons. The van der Waals surface area contributed by atoms with Crippen LogP contribution in [0.4, 0.5) is 0 Å². The van der Waals surface area contributed by atoms with Crippen LogP contribution in [0.25, 0.3) is 0 Å². The number of rotatable bonds is 10. The number of hydrogen-bond acceptors (Lipinski definition) is 1. The van der Waals surface area contributed by atoms with Crippen LogP contribution in [0.5, 0.6) is 0 Å². The molecule has 0 fully saturated rings. The third-order valence-electron chi connectivity index (χ3n) is 2.93. The van der Waals surface area contributed by atoms with Crippen LogP contribution < -0.4 is 0 Å².